The summed E-state index contributed by atoms with van der Waals surface area (Å²) in [5.41, 5.74) is 0.636. The molecule has 6 nitrogen and oxygen atoms in total. The van der Waals surface area contributed by atoms with E-state index in [9.17, 15) is 14.4 Å². The van der Waals surface area contributed by atoms with Crippen LogP contribution >= 0.6 is 0 Å². The van der Waals surface area contributed by atoms with Gasteiger partial charge in [-0.3, -0.25) is 19.0 Å². The maximum atomic E-state index is 12.8. The van der Waals surface area contributed by atoms with Gasteiger partial charge in [0.2, 0.25) is 5.91 Å². The third-order valence-electron chi connectivity index (χ3n) is 4.06. The Morgan fingerprint density at radius 3 is 2.54 bits per heavy atom. The van der Waals surface area contributed by atoms with Crippen molar-refractivity contribution in [3.63, 3.8) is 0 Å². The lowest BCUT2D eigenvalue weighted by Gasteiger charge is -2.33. The van der Waals surface area contributed by atoms with E-state index in [0.717, 1.165) is 10.9 Å². The number of aromatic nitrogens is 1. The van der Waals surface area contributed by atoms with Crippen molar-refractivity contribution < 1.29 is 14.4 Å². The Hall–Kier alpha value is -2.63. The maximum Gasteiger partial charge on any atom is 0.272 e. The zero-order valence-corrected chi connectivity index (χ0v) is 14.3. The molecule has 0 spiro atoms. The van der Waals surface area contributed by atoms with E-state index in [1.165, 1.54) is 9.47 Å². The van der Waals surface area contributed by atoms with Crippen molar-refractivity contribution in [3.8, 4) is 0 Å². The number of hydrogen-bond acceptors (Lipinski definition) is 3. The van der Waals surface area contributed by atoms with Crippen LogP contribution in [0.15, 0.2) is 30.3 Å². The first-order valence-electron chi connectivity index (χ1n) is 7.96. The van der Waals surface area contributed by atoms with Crippen LogP contribution in [0.25, 0.3) is 10.9 Å². The lowest BCUT2D eigenvalue weighted by Crippen LogP contribution is -2.55. The van der Waals surface area contributed by atoms with Gasteiger partial charge in [-0.2, -0.15) is 0 Å². The molecule has 1 N–H and O–H groups in total. The van der Waals surface area contributed by atoms with Crippen molar-refractivity contribution in [2.24, 2.45) is 0 Å². The quantitative estimate of drug-likeness (QED) is 0.917. The standard InChI is InChI=1S/C18H21N3O3/c1-11-16(23)21-13-8-6-5-7-12(13)9-14(21)17(24)20(11)10-15(22)19-18(2,3)4/h5-9,11H,10H2,1-4H3,(H,19,22). The van der Waals surface area contributed by atoms with Crippen LogP contribution in [0.1, 0.15) is 43.0 Å². The zero-order chi connectivity index (χ0) is 17.6. The molecule has 0 fully saturated rings. The molecule has 2 amide bonds. The number of benzene rings is 1. The van der Waals surface area contributed by atoms with Crippen LogP contribution in [0, 0.1) is 0 Å². The highest BCUT2D eigenvalue weighted by Crippen LogP contribution is 2.26. The molecule has 1 aliphatic rings. The molecule has 2 heterocycles. The van der Waals surface area contributed by atoms with E-state index in [1.54, 1.807) is 13.0 Å². The number of carbonyl (C=O) groups is 3. The SMILES string of the molecule is CC1C(=O)n2c(cc3ccccc32)C(=O)N1CC(=O)NC(C)(C)C. The van der Waals surface area contributed by atoms with Crippen molar-refractivity contribution >= 4 is 28.6 Å². The molecule has 6 heteroatoms. The van der Waals surface area contributed by atoms with Gasteiger partial charge >= 0.3 is 0 Å². The molecule has 2 aromatic rings. The molecule has 1 aromatic carbocycles. The minimum atomic E-state index is -0.688. The molecule has 0 radical (unpaired) electrons. The van der Waals surface area contributed by atoms with Crippen molar-refractivity contribution in [1.82, 2.24) is 14.8 Å². The highest BCUT2D eigenvalue weighted by molar-refractivity contribution is 6.11. The largest absolute Gasteiger partial charge is 0.350 e. The molecule has 1 unspecified atom stereocenters. The Balaban J connectivity index is 1.96. The van der Waals surface area contributed by atoms with Crippen LogP contribution in [-0.4, -0.2) is 45.3 Å². The fourth-order valence-corrected chi connectivity index (χ4v) is 3.01. The van der Waals surface area contributed by atoms with Gasteiger partial charge in [0.25, 0.3) is 11.8 Å². The van der Waals surface area contributed by atoms with Gasteiger partial charge in [0.05, 0.1) is 5.52 Å². The first-order chi connectivity index (χ1) is 11.2. The molecule has 3 rings (SSSR count). The molecular formula is C18H21N3O3. The summed E-state index contributed by atoms with van der Waals surface area (Å²) in [5, 5.41) is 3.66. The molecule has 1 aliphatic heterocycles. The predicted molar refractivity (Wildman–Crippen MR) is 91.0 cm³/mol. The lowest BCUT2D eigenvalue weighted by atomic mass is 10.1. The molecule has 0 saturated heterocycles. The minimum absolute atomic E-state index is 0.134. The first kappa shape index (κ1) is 16.2. The summed E-state index contributed by atoms with van der Waals surface area (Å²) in [4.78, 5) is 39.1. The number of rotatable bonds is 2. The van der Waals surface area contributed by atoms with Crippen LogP contribution < -0.4 is 5.32 Å². The van der Waals surface area contributed by atoms with Crippen LogP contribution in [-0.2, 0) is 4.79 Å². The number of fused-ring (bicyclic) bond motifs is 3. The summed E-state index contributed by atoms with van der Waals surface area (Å²) < 4.78 is 1.46. The van der Waals surface area contributed by atoms with Gasteiger partial charge in [-0.05, 0) is 39.8 Å². The summed E-state index contributed by atoms with van der Waals surface area (Å²) in [6, 6.07) is 8.39. The van der Waals surface area contributed by atoms with Gasteiger partial charge in [-0.25, -0.2) is 0 Å². The Morgan fingerprint density at radius 1 is 1.21 bits per heavy atom. The van der Waals surface area contributed by atoms with Gasteiger partial charge in [-0.1, -0.05) is 18.2 Å². The fraction of sp³-hybridized carbons (Fsp3) is 0.389. The lowest BCUT2D eigenvalue weighted by molar-refractivity contribution is -0.123. The predicted octanol–water partition coefficient (Wildman–Crippen LogP) is 2.04. The summed E-state index contributed by atoms with van der Waals surface area (Å²) in [6.07, 6.45) is 0. The minimum Gasteiger partial charge on any atom is -0.350 e. The van der Waals surface area contributed by atoms with E-state index in [4.69, 9.17) is 0 Å². The number of amides is 2. The normalized spacial score (nSPS) is 18.0. The molecule has 0 bridgehead atoms. The van der Waals surface area contributed by atoms with E-state index in [0.29, 0.717) is 5.69 Å². The van der Waals surface area contributed by atoms with Gasteiger partial charge in [0.15, 0.2) is 0 Å². The van der Waals surface area contributed by atoms with E-state index in [1.807, 2.05) is 45.0 Å². The second-order valence-corrected chi connectivity index (χ2v) is 7.17. The Kier molecular flexibility index (Phi) is 3.70. The molecule has 24 heavy (non-hydrogen) atoms. The monoisotopic (exact) mass is 327 g/mol. The molecule has 126 valence electrons. The van der Waals surface area contributed by atoms with Gasteiger partial charge in [0.1, 0.15) is 18.3 Å². The smallest absolute Gasteiger partial charge is 0.272 e. The van der Waals surface area contributed by atoms with Crippen LogP contribution in [0.2, 0.25) is 0 Å². The molecule has 0 aliphatic carbocycles. The number of para-hydroxylation sites is 1. The maximum absolute atomic E-state index is 12.8. The third kappa shape index (κ3) is 2.68. The third-order valence-corrected chi connectivity index (χ3v) is 4.06. The Labute approximate surface area is 140 Å². The first-order valence-corrected chi connectivity index (χ1v) is 7.96. The van der Waals surface area contributed by atoms with E-state index in [2.05, 4.69) is 5.32 Å². The Bertz CT molecular complexity index is 845. The van der Waals surface area contributed by atoms with Crippen LogP contribution in [0.5, 0.6) is 0 Å². The van der Waals surface area contributed by atoms with Crippen LogP contribution in [0.3, 0.4) is 0 Å². The summed E-state index contributed by atoms with van der Waals surface area (Å²) >= 11 is 0. The highest BCUT2D eigenvalue weighted by Gasteiger charge is 2.38. The summed E-state index contributed by atoms with van der Waals surface area (Å²) in [6.45, 7) is 7.13. The van der Waals surface area contributed by atoms with Crippen molar-refractivity contribution in [1.29, 1.82) is 0 Å². The highest BCUT2D eigenvalue weighted by atomic mass is 16.2. The second-order valence-electron chi connectivity index (χ2n) is 7.17. The van der Waals surface area contributed by atoms with E-state index < -0.39 is 11.6 Å². The summed E-state index contributed by atoms with van der Waals surface area (Å²) in [7, 11) is 0. The van der Waals surface area contributed by atoms with Gasteiger partial charge in [-0.15, -0.1) is 0 Å². The molecular weight excluding hydrogens is 306 g/mol. The van der Waals surface area contributed by atoms with E-state index >= 15 is 0 Å². The number of hydrogen-bond donors (Lipinski definition) is 1. The van der Waals surface area contributed by atoms with E-state index in [-0.39, 0.29) is 24.3 Å². The van der Waals surface area contributed by atoms with Crippen molar-refractivity contribution in [2.45, 2.75) is 39.3 Å². The fourth-order valence-electron chi connectivity index (χ4n) is 3.01. The number of nitrogens with one attached hydrogen (secondary N) is 1. The average molecular weight is 327 g/mol. The Morgan fingerprint density at radius 2 is 1.88 bits per heavy atom. The van der Waals surface area contributed by atoms with Crippen LogP contribution in [0.4, 0.5) is 0 Å². The van der Waals surface area contributed by atoms with Gasteiger partial charge < -0.3 is 10.2 Å². The van der Waals surface area contributed by atoms with Gasteiger partial charge in [0, 0.05) is 10.9 Å². The number of nitrogens with zero attached hydrogens (tertiary/aromatic N) is 2. The zero-order valence-electron chi connectivity index (χ0n) is 14.3. The number of carbonyl (C=O) groups excluding carboxylic acids is 3. The molecule has 1 atom stereocenters. The summed E-state index contributed by atoms with van der Waals surface area (Å²) in [5.74, 6) is -0.781. The van der Waals surface area contributed by atoms with Crippen molar-refractivity contribution in [3.05, 3.63) is 36.0 Å². The van der Waals surface area contributed by atoms with Crippen molar-refractivity contribution in [2.75, 3.05) is 6.54 Å². The molecule has 0 saturated carbocycles. The molecule has 1 aromatic heterocycles. The topological polar surface area (TPSA) is 71.4 Å². The average Bonchev–Trinajstić information content (AvgIpc) is 2.87. The second kappa shape index (κ2) is 5.47.